The molecule has 0 aromatic carbocycles. The molecule has 0 spiro atoms. The lowest BCUT2D eigenvalue weighted by Crippen LogP contribution is -2.39. The predicted molar refractivity (Wildman–Crippen MR) is 66.8 cm³/mol. The molecule has 0 saturated heterocycles. The molecule has 0 bridgehead atoms. The number of hydrogen-bond acceptors (Lipinski definition) is 4. The Morgan fingerprint density at radius 1 is 1.28 bits per heavy atom. The smallest absolute Gasteiger partial charge is 0.308 e. The zero-order valence-corrected chi connectivity index (χ0v) is 11.4. The molecule has 5 heteroatoms. The summed E-state index contributed by atoms with van der Waals surface area (Å²) in [4.78, 5) is 25.0. The molecule has 1 amide bonds. The van der Waals surface area contributed by atoms with E-state index in [0.29, 0.717) is 19.4 Å². The van der Waals surface area contributed by atoms with Gasteiger partial charge < -0.3 is 14.7 Å². The maximum atomic E-state index is 12.1. The molecule has 1 aliphatic carbocycles. The summed E-state index contributed by atoms with van der Waals surface area (Å²) in [5, 5.41) is 9.26. The lowest BCUT2D eigenvalue weighted by atomic mass is 9.81. The van der Waals surface area contributed by atoms with Gasteiger partial charge in [-0.15, -0.1) is 0 Å². The first-order valence-electron chi connectivity index (χ1n) is 6.46. The summed E-state index contributed by atoms with van der Waals surface area (Å²) in [6.07, 6.45) is 2.37. The quantitative estimate of drug-likeness (QED) is 0.757. The minimum absolute atomic E-state index is 0.0188. The monoisotopic (exact) mass is 257 g/mol. The first kappa shape index (κ1) is 15.0. The maximum Gasteiger partial charge on any atom is 0.308 e. The van der Waals surface area contributed by atoms with Crippen LogP contribution in [0.4, 0.5) is 0 Å². The molecule has 1 aliphatic rings. The fourth-order valence-corrected chi connectivity index (χ4v) is 2.54. The van der Waals surface area contributed by atoms with Crippen molar-refractivity contribution in [3.05, 3.63) is 0 Å². The molecule has 1 atom stereocenters. The van der Waals surface area contributed by atoms with Crippen LogP contribution in [0.15, 0.2) is 0 Å². The number of nitrogens with zero attached hydrogens (tertiary/aromatic N) is 1. The van der Waals surface area contributed by atoms with Crippen LogP contribution in [-0.4, -0.2) is 48.7 Å². The lowest BCUT2D eigenvalue weighted by molar-refractivity contribution is -0.148. The van der Waals surface area contributed by atoms with Gasteiger partial charge in [0.25, 0.3) is 0 Å². The number of carbonyl (C=O) groups is 2. The molecule has 5 nitrogen and oxygen atoms in total. The van der Waals surface area contributed by atoms with Gasteiger partial charge in [0, 0.05) is 19.5 Å². The third-order valence-corrected chi connectivity index (χ3v) is 3.53. The molecule has 1 fully saturated rings. The molecule has 1 saturated carbocycles. The fraction of sp³-hybridized carbons (Fsp3) is 0.846. The van der Waals surface area contributed by atoms with Gasteiger partial charge in [0.2, 0.25) is 5.91 Å². The molecule has 0 heterocycles. The van der Waals surface area contributed by atoms with Crippen LogP contribution in [0.25, 0.3) is 0 Å². The van der Waals surface area contributed by atoms with Gasteiger partial charge in [0.1, 0.15) is 0 Å². The fourth-order valence-electron chi connectivity index (χ4n) is 2.54. The summed E-state index contributed by atoms with van der Waals surface area (Å²) in [5.74, 6) is -0.173. The SMILES string of the molecule is COC(=O)C1CCC(C(=O)N(C)C[C@H](C)O)CC1. The Hall–Kier alpha value is -1.10. The van der Waals surface area contributed by atoms with E-state index < -0.39 is 6.10 Å². The van der Waals surface area contributed by atoms with Crippen molar-refractivity contribution in [2.75, 3.05) is 20.7 Å². The minimum Gasteiger partial charge on any atom is -0.469 e. The minimum atomic E-state index is -0.509. The van der Waals surface area contributed by atoms with Crippen molar-refractivity contribution in [3.8, 4) is 0 Å². The standard InChI is InChI=1S/C13H23NO4/c1-9(15)8-14(2)12(16)10-4-6-11(7-5-10)13(17)18-3/h9-11,15H,4-8H2,1-3H3/t9-,10?,11?/m0/s1. The van der Waals surface area contributed by atoms with Crippen LogP contribution in [0.5, 0.6) is 0 Å². The zero-order valence-electron chi connectivity index (χ0n) is 11.4. The Bertz CT molecular complexity index is 295. The number of aliphatic hydroxyl groups excluding tert-OH is 1. The zero-order chi connectivity index (χ0) is 13.7. The Balaban J connectivity index is 2.42. The lowest BCUT2D eigenvalue weighted by Gasteiger charge is -2.29. The van der Waals surface area contributed by atoms with E-state index in [0.717, 1.165) is 12.8 Å². The number of amides is 1. The average Bonchev–Trinajstić information content (AvgIpc) is 2.36. The highest BCUT2D eigenvalue weighted by molar-refractivity contribution is 5.79. The molecule has 0 unspecified atom stereocenters. The number of aliphatic hydroxyl groups is 1. The molecular formula is C13H23NO4. The van der Waals surface area contributed by atoms with Crippen molar-refractivity contribution in [2.45, 2.75) is 38.7 Å². The summed E-state index contributed by atoms with van der Waals surface area (Å²) in [5.41, 5.74) is 0. The number of carbonyl (C=O) groups excluding carboxylic acids is 2. The van der Waals surface area contributed by atoms with E-state index in [2.05, 4.69) is 0 Å². The van der Waals surface area contributed by atoms with E-state index in [1.165, 1.54) is 7.11 Å². The van der Waals surface area contributed by atoms with E-state index in [1.54, 1.807) is 18.9 Å². The normalized spacial score (nSPS) is 25.3. The largest absolute Gasteiger partial charge is 0.469 e. The van der Waals surface area contributed by atoms with Crippen molar-refractivity contribution in [1.29, 1.82) is 0 Å². The molecule has 0 aromatic heterocycles. The molecule has 1 N–H and O–H groups in total. The topological polar surface area (TPSA) is 66.8 Å². The van der Waals surface area contributed by atoms with Crippen molar-refractivity contribution < 1.29 is 19.4 Å². The first-order chi connectivity index (χ1) is 8.45. The van der Waals surface area contributed by atoms with Crippen LogP contribution in [0.2, 0.25) is 0 Å². The summed E-state index contributed by atoms with van der Waals surface area (Å²) < 4.78 is 4.72. The predicted octanol–water partition coefficient (Wildman–Crippen LogP) is 0.805. The number of likely N-dealkylation sites (N-methyl/N-ethyl adjacent to an activating group) is 1. The maximum absolute atomic E-state index is 12.1. The second-order valence-corrected chi connectivity index (χ2v) is 5.14. The van der Waals surface area contributed by atoms with Gasteiger partial charge >= 0.3 is 5.97 Å². The third kappa shape index (κ3) is 3.98. The molecular weight excluding hydrogens is 234 g/mol. The summed E-state index contributed by atoms with van der Waals surface area (Å²) in [6, 6.07) is 0. The molecule has 1 rings (SSSR count). The van der Waals surface area contributed by atoms with Crippen molar-refractivity contribution in [3.63, 3.8) is 0 Å². The Morgan fingerprint density at radius 3 is 2.22 bits per heavy atom. The Kier molecular flexibility index (Phi) is 5.59. The average molecular weight is 257 g/mol. The summed E-state index contributed by atoms with van der Waals surface area (Å²) >= 11 is 0. The first-order valence-corrected chi connectivity index (χ1v) is 6.46. The van der Waals surface area contributed by atoms with Gasteiger partial charge in [-0.25, -0.2) is 0 Å². The van der Waals surface area contributed by atoms with Gasteiger partial charge in [0.05, 0.1) is 19.1 Å². The second kappa shape index (κ2) is 6.73. The third-order valence-electron chi connectivity index (χ3n) is 3.53. The van der Waals surface area contributed by atoms with Gasteiger partial charge in [-0.1, -0.05) is 0 Å². The van der Waals surface area contributed by atoms with Gasteiger partial charge in [0.15, 0.2) is 0 Å². The molecule has 0 radical (unpaired) electrons. The van der Waals surface area contributed by atoms with E-state index in [-0.39, 0.29) is 23.7 Å². The van der Waals surface area contributed by atoms with Crippen LogP contribution < -0.4 is 0 Å². The Morgan fingerprint density at radius 2 is 1.78 bits per heavy atom. The number of esters is 1. The molecule has 0 aliphatic heterocycles. The van der Waals surface area contributed by atoms with Gasteiger partial charge in [-0.3, -0.25) is 9.59 Å². The van der Waals surface area contributed by atoms with E-state index in [4.69, 9.17) is 4.74 Å². The van der Waals surface area contributed by atoms with Crippen LogP contribution in [0.1, 0.15) is 32.6 Å². The molecule has 18 heavy (non-hydrogen) atoms. The van der Waals surface area contributed by atoms with E-state index in [1.807, 2.05) is 0 Å². The van der Waals surface area contributed by atoms with Crippen LogP contribution >= 0.6 is 0 Å². The second-order valence-electron chi connectivity index (χ2n) is 5.14. The number of rotatable bonds is 4. The highest BCUT2D eigenvalue weighted by Crippen LogP contribution is 2.30. The van der Waals surface area contributed by atoms with Crippen LogP contribution in [-0.2, 0) is 14.3 Å². The molecule has 104 valence electrons. The van der Waals surface area contributed by atoms with Crippen LogP contribution in [0.3, 0.4) is 0 Å². The van der Waals surface area contributed by atoms with E-state index in [9.17, 15) is 14.7 Å². The highest BCUT2D eigenvalue weighted by atomic mass is 16.5. The van der Waals surface area contributed by atoms with E-state index >= 15 is 0 Å². The van der Waals surface area contributed by atoms with Crippen molar-refractivity contribution >= 4 is 11.9 Å². The molecule has 0 aromatic rings. The number of methoxy groups -OCH3 is 1. The highest BCUT2D eigenvalue weighted by Gasteiger charge is 2.31. The van der Waals surface area contributed by atoms with Gasteiger partial charge in [-0.2, -0.15) is 0 Å². The number of ether oxygens (including phenoxy) is 1. The number of hydrogen-bond donors (Lipinski definition) is 1. The van der Waals surface area contributed by atoms with Crippen molar-refractivity contribution in [1.82, 2.24) is 4.90 Å². The summed E-state index contributed by atoms with van der Waals surface area (Å²) in [6.45, 7) is 2.02. The van der Waals surface area contributed by atoms with Crippen molar-refractivity contribution in [2.24, 2.45) is 11.8 Å². The Labute approximate surface area is 108 Å². The van der Waals surface area contributed by atoms with Gasteiger partial charge in [-0.05, 0) is 32.6 Å². The van der Waals surface area contributed by atoms with Crippen LogP contribution in [0, 0.1) is 11.8 Å². The summed E-state index contributed by atoms with van der Waals surface area (Å²) in [7, 11) is 3.11.